The summed E-state index contributed by atoms with van der Waals surface area (Å²) in [6, 6.07) is 0. The molecule has 1 aromatic rings. The van der Waals surface area contributed by atoms with Crippen LogP contribution in [0.3, 0.4) is 0 Å². The maximum Gasteiger partial charge on any atom is 0.257 e. The van der Waals surface area contributed by atoms with Gasteiger partial charge in [0, 0.05) is 18.8 Å². The number of nitrogens with one attached hydrogen (secondary N) is 1. The van der Waals surface area contributed by atoms with Crippen LogP contribution in [0.4, 0.5) is 0 Å². The average molecular weight is 251 g/mol. The van der Waals surface area contributed by atoms with Gasteiger partial charge in [-0.3, -0.25) is 9.89 Å². The Morgan fingerprint density at radius 2 is 1.89 bits per heavy atom. The number of ether oxygens (including phenoxy) is 1. The summed E-state index contributed by atoms with van der Waals surface area (Å²) in [5.41, 5.74) is 0.801. The molecule has 0 radical (unpaired) electrons. The van der Waals surface area contributed by atoms with Crippen molar-refractivity contribution >= 4 is 5.91 Å². The smallest absolute Gasteiger partial charge is 0.257 e. The lowest BCUT2D eigenvalue weighted by molar-refractivity contribution is -0.171. The lowest BCUT2D eigenvalue weighted by Gasteiger charge is -2.47. The van der Waals surface area contributed by atoms with Crippen molar-refractivity contribution in [2.75, 3.05) is 13.1 Å². The van der Waals surface area contributed by atoms with E-state index in [2.05, 4.69) is 10.2 Å². The van der Waals surface area contributed by atoms with Gasteiger partial charge in [0.15, 0.2) is 0 Å². The minimum atomic E-state index is -0.324. The lowest BCUT2D eigenvalue weighted by atomic mass is 9.98. The van der Waals surface area contributed by atoms with Crippen molar-refractivity contribution in [3.63, 3.8) is 0 Å². The van der Waals surface area contributed by atoms with Gasteiger partial charge in [0.1, 0.15) is 0 Å². The Bertz CT molecular complexity index is 447. The van der Waals surface area contributed by atoms with Gasteiger partial charge in [0.25, 0.3) is 5.91 Å². The second kappa shape index (κ2) is 4.09. The van der Waals surface area contributed by atoms with Crippen LogP contribution in [-0.2, 0) is 4.74 Å². The number of rotatable bonds is 1. The van der Waals surface area contributed by atoms with E-state index in [9.17, 15) is 4.79 Å². The second-order valence-electron chi connectivity index (χ2n) is 6.19. The molecule has 1 amide bonds. The number of hydrogen-bond donors (Lipinski definition) is 1. The Morgan fingerprint density at radius 3 is 2.33 bits per heavy atom. The minimum absolute atomic E-state index is 0.0192. The van der Waals surface area contributed by atoms with E-state index in [4.69, 9.17) is 4.74 Å². The van der Waals surface area contributed by atoms with Gasteiger partial charge in [0.2, 0.25) is 0 Å². The molecular formula is C13H21N3O2. The summed E-state index contributed by atoms with van der Waals surface area (Å²) in [5.74, 6) is 0.0192. The van der Waals surface area contributed by atoms with E-state index in [1.165, 1.54) is 0 Å². The summed E-state index contributed by atoms with van der Waals surface area (Å²) in [5, 5.41) is 6.71. The fourth-order valence-electron chi connectivity index (χ4n) is 2.67. The number of nitrogens with zero attached hydrogens (tertiary/aromatic N) is 2. The Labute approximate surface area is 108 Å². The molecule has 0 unspecified atom stereocenters. The number of aromatic nitrogens is 2. The third-order valence-corrected chi connectivity index (χ3v) is 3.04. The van der Waals surface area contributed by atoms with Crippen LogP contribution < -0.4 is 0 Å². The monoisotopic (exact) mass is 251 g/mol. The van der Waals surface area contributed by atoms with E-state index in [0.717, 1.165) is 5.69 Å². The van der Waals surface area contributed by atoms with Crippen molar-refractivity contribution in [1.82, 2.24) is 15.1 Å². The normalized spacial score (nSPS) is 21.9. The standard InChI is InChI=1S/C13H21N3O2/c1-9-10(6-14-15-9)11(17)16-7-12(2,3)18-13(4,5)8-16/h6H,7-8H2,1-5H3,(H,14,15). The summed E-state index contributed by atoms with van der Waals surface area (Å²) in [7, 11) is 0. The third-order valence-electron chi connectivity index (χ3n) is 3.04. The highest BCUT2D eigenvalue weighted by atomic mass is 16.5. The number of H-pyrrole nitrogens is 1. The van der Waals surface area contributed by atoms with Gasteiger partial charge in [-0.05, 0) is 34.6 Å². The maximum atomic E-state index is 12.5. The van der Waals surface area contributed by atoms with Crippen molar-refractivity contribution in [2.45, 2.75) is 45.8 Å². The molecule has 0 bridgehead atoms. The summed E-state index contributed by atoms with van der Waals surface area (Å²) < 4.78 is 5.97. The van der Waals surface area contributed by atoms with Gasteiger partial charge in [-0.2, -0.15) is 5.10 Å². The number of amides is 1. The van der Waals surface area contributed by atoms with E-state index in [-0.39, 0.29) is 17.1 Å². The van der Waals surface area contributed by atoms with Crippen molar-refractivity contribution in [1.29, 1.82) is 0 Å². The second-order valence-corrected chi connectivity index (χ2v) is 6.19. The molecule has 0 saturated carbocycles. The fraction of sp³-hybridized carbons (Fsp3) is 0.692. The molecular weight excluding hydrogens is 230 g/mol. The number of carbonyl (C=O) groups excluding carboxylic acids is 1. The highest BCUT2D eigenvalue weighted by Gasteiger charge is 2.40. The molecule has 2 rings (SSSR count). The molecule has 5 nitrogen and oxygen atoms in total. The molecule has 1 saturated heterocycles. The quantitative estimate of drug-likeness (QED) is 0.827. The molecule has 18 heavy (non-hydrogen) atoms. The van der Waals surface area contributed by atoms with Crippen molar-refractivity contribution < 1.29 is 9.53 Å². The molecule has 1 aliphatic rings. The van der Waals surface area contributed by atoms with Crippen LogP contribution in [0.25, 0.3) is 0 Å². The summed E-state index contributed by atoms with van der Waals surface area (Å²) in [4.78, 5) is 14.3. The van der Waals surface area contributed by atoms with Gasteiger partial charge in [-0.15, -0.1) is 0 Å². The van der Waals surface area contributed by atoms with Crippen molar-refractivity contribution in [2.24, 2.45) is 0 Å². The number of carbonyl (C=O) groups is 1. The topological polar surface area (TPSA) is 58.2 Å². The Kier molecular flexibility index (Phi) is 2.97. The number of morpholine rings is 1. The van der Waals surface area contributed by atoms with E-state index in [1.807, 2.05) is 39.5 Å². The van der Waals surface area contributed by atoms with Crippen LogP contribution in [-0.4, -0.2) is 45.3 Å². The predicted molar refractivity (Wildman–Crippen MR) is 68.5 cm³/mol. The molecule has 0 spiro atoms. The first-order valence-corrected chi connectivity index (χ1v) is 6.20. The van der Waals surface area contributed by atoms with Crippen LogP contribution in [0.2, 0.25) is 0 Å². The molecule has 1 fully saturated rings. The number of aryl methyl sites for hydroxylation is 1. The molecule has 0 atom stereocenters. The molecule has 2 heterocycles. The van der Waals surface area contributed by atoms with Crippen LogP contribution in [0, 0.1) is 6.92 Å². The SMILES string of the molecule is Cc1[nH]ncc1C(=O)N1CC(C)(C)OC(C)(C)C1. The van der Waals surface area contributed by atoms with Gasteiger partial charge in [-0.25, -0.2) is 0 Å². The lowest BCUT2D eigenvalue weighted by Crippen LogP contribution is -2.58. The first-order valence-electron chi connectivity index (χ1n) is 6.20. The van der Waals surface area contributed by atoms with Crippen LogP contribution in [0.1, 0.15) is 43.7 Å². The number of hydrogen-bond acceptors (Lipinski definition) is 3. The molecule has 100 valence electrons. The Morgan fingerprint density at radius 1 is 1.33 bits per heavy atom. The summed E-state index contributed by atoms with van der Waals surface area (Å²) >= 11 is 0. The largest absolute Gasteiger partial charge is 0.366 e. The predicted octanol–water partition coefficient (Wildman–Crippen LogP) is 1.75. The first kappa shape index (κ1) is 13.1. The van der Waals surface area contributed by atoms with E-state index >= 15 is 0 Å². The average Bonchev–Trinajstić information content (AvgIpc) is 2.58. The zero-order valence-corrected chi connectivity index (χ0v) is 11.7. The highest BCUT2D eigenvalue weighted by Crippen LogP contribution is 2.29. The van der Waals surface area contributed by atoms with Gasteiger partial charge < -0.3 is 9.64 Å². The van der Waals surface area contributed by atoms with Crippen LogP contribution >= 0.6 is 0 Å². The van der Waals surface area contributed by atoms with Gasteiger partial charge >= 0.3 is 0 Å². The molecule has 1 N–H and O–H groups in total. The maximum absolute atomic E-state index is 12.5. The fourth-order valence-corrected chi connectivity index (χ4v) is 2.67. The minimum Gasteiger partial charge on any atom is -0.366 e. The first-order chi connectivity index (χ1) is 8.20. The van der Waals surface area contributed by atoms with E-state index in [0.29, 0.717) is 18.7 Å². The zero-order chi connectivity index (χ0) is 13.6. The van der Waals surface area contributed by atoms with Crippen molar-refractivity contribution in [3.8, 4) is 0 Å². The number of aromatic amines is 1. The molecule has 0 aromatic carbocycles. The molecule has 0 aliphatic carbocycles. The highest BCUT2D eigenvalue weighted by molar-refractivity contribution is 5.95. The molecule has 5 heteroatoms. The van der Waals surface area contributed by atoms with Crippen molar-refractivity contribution in [3.05, 3.63) is 17.5 Å². The molecule has 1 aromatic heterocycles. The Hall–Kier alpha value is -1.36. The van der Waals surface area contributed by atoms with Crippen LogP contribution in [0.15, 0.2) is 6.20 Å². The summed E-state index contributed by atoms with van der Waals surface area (Å²) in [6.45, 7) is 11.1. The van der Waals surface area contributed by atoms with Gasteiger partial charge in [0.05, 0.1) is 23.0 Å². The van der Waals surface area contributed by atoms with E-state index in [1.54, 1.807) is 6.20 Å². The van der Waals surface area contributed by atoms with E-state index < -0.39 is 0 Å². The van der Waals surface area contributed by atoms with Gasteiger partial charge in [-0.1, -0.05) is 0 Å². The zero-order valence-electron chi connectivity index (χ0n) is 11.7. The van der Waals surface area contributed by atoms with Crippen LogP contribution in [0.5, 0.6) is 0 Å². The Balaban J connectivity index is 2.23. The molecule has 1 aliphatic heterocycles. The summed E-state index contributed by atoms with van der Waals surface area (Å²) in [6.07, 6.45) is 1.59. The third kappa shape index (κ3) is 2.56.